The van der Waals surface area contributed by atoms with Crippen LogP contribution in [0.1, 0.15) is 37.0 Å². The molecule has 25 heavy (non-hydrogen) atoms. The highest BCUT2D eigenvalue weighted by molar-refractivity contribution is 7.89. The summed E-state index contributed by atoms with van der Waals surface area (Å²) in [5.74, 6) is -1.48. The SMILES string of the molecule is CCOC(=O)c1cc(F)cc(S(=O)(=O)N2CCCC(C(C)N)C2)c1.Cl. The summed E-state index contributed by atoms with van der Waals surface area (Å²) in [4.78, 5) is 11.5. The maximum atomic E-state index is 13.8. The molecule has 0 saturated carbocycles. The Morgan fingerprint density at radius 1 is 1.44 bits per heavy atom. The Morgan fingerprint density at radius 2 is 2.12 bits per heavy atom. The monoisotopic (exact) mass is 394 g/mol. The van der Waals surface area contributed by atoms with Crippen molar-refractivity contribution in [2.75, 3.05) is 19.7 Å². The van der Waals surface area contributed by atoms with Crippen molar-refractivity contribution in [3.8, 4) is 0 Å². The molecule has 1 aromatic rings. The summed E-state index contributed by atoms with van der Waals surface area (Å²) < 4.78 is 45.6. The van der Waals surface area contributed by atoms with Crippen molar-refractivity contribution >= 4 is 28.4 Å². The molecule has 0 bridgehead atoms. The average Bonchev–Trinajstić information content (AvgIpc) is 2.54. The molecule has 1 aromatic carbocycles. The number of carbonyl (C=O) groups excluding carboxylic acids is 1. The molecule has 1 aliphatic heterocycles. The van der Waals surface area contributed by atoms with Gasteiger partial charge in [0.2, 0.25) is 10.0 Å². The number of carbonyl (C=O) groups is 1. The van der Waals surface area contributed by atoms with E-state index in [4.69, 9.17) is 10.5 Å². The normalized spacial score (nSPS) is 19.8. The summed E-state index contributed by atoms with van der Waals surface area (Å²) in [6.07, 6.45) is 1.56. The van der Waals surface area contributed by atoms with E-state index in [1.807, 2.05) is 6.92 Å². The molecule has 2 rings (SSSR count). The molecule has 1 fully saturated rings. The highest BCUT2D eigenvalue weighted by atomic mass is 35.5. The largest absolute Gasteiger partial charge is 0.462 e. The van der Waals surface area contributed by atoms with Crippen LogP contribution in [0.3, 0.4) is 0 Å². The van der Waals surface area contributed by atoms with Crippen LogP contribution in [0, 0.1) is 11.7 Å². The van der Waals surface area contributed by atoms with E-state index in [-0.39, 0.29) is 41.4 Å². The lowest BCUT2D eigenvalue weighted by Gasteiger charge is -2.33. The highest BCUT2D eigenvalue weighted by Crippen LogP contribution is 2.26. The Balaban J connectivity index is 0.00000312. The van der Waals surface area contributed by atoms with Crippen LogP contribution in [0.25, 0.3) is 0 Å². The maximum Gasteiger partial charge on any atom is 0.338 e. The first-order valence-corrected chi connectivity index (χ1v) is 9.43. The first-order valence-electron chi connectivity index (χ1n) is 7.99. The maximum absolute atomic E-state index is 13.8. The smallest absolute Gasteiger partial charge is 0.338 e. The van der Waals surface area contributed by atoms with Crippen molar-refractivity contribution in [3.05, 3.63) is 29.6 Å². The van der Waals surface area contributed by atoms with Gasteiger partial charge < -0.3 is 10.5 Å². The first kappa shape index (κ1) is 21.8. The van der Waals surface area contributed by atoms with Gasteiger partial charge in [0.25, 0.3) is 0 Å². The predicted molar refractivity (Wildman–Crippen MR) is 94.7 cm³/mol. The third-order valence-electron chi connectivity index (χ3n) is 4.18. The minimum absolute atomic E-state index is 0. The third-order valence-corrected chi connectivity index (χ3v) is 6.03. The Hall–Kier alpha value is -1.22. The molecule has 1 saturated heterocycles. The average molecular weight is 395 g/mol. The minimum Gasteiger partial charge on any atom is -0.462 e. The molecule has 0 amide bonds. The molecule has 6 nitrogen and oxygen atoms in total. The fraction of sp³-hybridized carbons (Fsp3) is 0.562. The number of nitrogens with two attached hydrogens (primary N) is 1. The molecule has 0 aliphatic carbocycles. The number of sulfonamides is 1. The summed E-state index contributed by atoms with van der Waals surface area (Å²) in [5.41, 5.74) is 5.78. The van der Waals surface area contributed by atoms with Crippen molar-refractivity contribution in [2.45, 2.75) is 37.6 Å². The van der Waals surface area contributed by atoms with E-state index in [9.17, 15) is 17.6 Å². The van der Waals surface area contributed by atoms with E-state index in [2.05, 4.69) is 0 Å². The number of nitrogens with zero attached hydrogens (tertiary/aromatic N) is 1. The van der Waals surface area contributed by atoms with E-state index in [1.165, 1.54) is 4.31 Å². The van der Waals surface area contributed by atoms with Crippen LogP contribution < -0.4 is 5.73 Å². The van der Waals surface area contributed by atoms with Crippen molar-refractivity contribution in [2.24, 2.45) is 11.7 Å². The van der Waals surface area contributed by atoms with Gasteiger partial charge in [-0.3, -0.25) is 0 Å². The number of ether oxygens (including phenoxy) is 1. The van der Waals surface area contributed by atoms with Gasteiger partial charge in [-0.15, -0.1) is 12.4 Å². The summed E-state index contributed by atoms with van der Waals surface area (Å²) >= 11 is 0. The van der Waals surface area contributed by atoms with E-state index in [1.54, 1.807) is 6.92 Å². The van der Waals surface area contributed by atoms with Gasteiger partial charge in [-0.25, -0.2) is 17.6 Å². The third kappa shape index (κ3) is 5.13. The molecular weight excluding hydrogens is 371 g/mol. The quantitative estimate of drug-likeness (QED) is 0.773. The number of piperidine rings is 1. The number of esters is 1. The lowest BCUT2D eigenvalue weighted by Crippen LogP contribution is -2.45. The highest BCUT2D eigenvalue weighted by Gasteiger charge is 2.32. The molecule has 1 aliphatic rings. The number of hydrogen-bond donors (Lipinski definition) is 1. The molecule has 0 radical (unpaired) electrons. The number of halogens is 2. The van der Waals surface area contributed by atoms with Gasteiger partial charge in [0.15, 0.2) is 0 Å². The van der Waals surface area contributed by atoms with Crippen LogP contribution in [-0.4, -0.2) is 44.4 Å². The van der Waals surface area contributed by atoms with Crippen LogP contribution in [-0.2, 0) is 14.8 Å². The van der Waals surface area contributed by atoms with Crippen molar-refractivity contribution < 1.29 is 22.3 Å². The zero-order valence-corrected chi connectivity index (χ0v) is 15.9. The molecule has 1 heterocycles. The summed E-state index contributed by atoms with van der Waals surface area (Å²) in [6.45, 7) is 4.25. The summed E-state index contributed by atoms with van der Waals surface area (Å²) in [7, 11) is -3.89. The second-order valence-corrected chi connectivity index (χ2v) is 7.96. The van der Waals surface area contributed by atoms with Crippen molar-refractivity contribution in [1.82, 2.24) is 4.31 Å². The fourth-order valence-corrected chi connectivity index (χ4v) is 4.41. The molecular formula is C16H24ClFN2O4S. The lowest BCUT2D eigenvalue weighted by atomic mass is 9.93. The number of benzene rings is 1. The Morgan fingerprint density at radius 3 is 2.72 bits per heavy atom. The molecule has 9 heteroatoms. The molecule has 0 spiro atoms. The van der Waals surface area contributed by atoms with Crippen LogP contribution in [0.15, 0.2) is 23.1 Å². The predicted octanol–water partition coefficient (Wildman–Crippen LogP) is 2.17. The van der Waals surface area contributed by atoms with E-state index in [0.29, 0.717) is 19.5 Å². The summed E-state index contributed by atoms with van der Waals surface area (Å²) in [5, 5.41) is 0. The van der Waals surface area contributed by atoms with Crippen molar-refractivity contribution in [3.63, 3.8) is 0 Å². The second-order valence-electron chi connectivity index (χ2n) is 6.02. The summed E-state index contributed by atoms with van der Waals surface area (Å²) in [6, 6.07) is 2.93. The molecule has 2 N–H and O–H groups in total. The van der Waals surface area contributed by atoms with Crippen LogP contribution >= 0.6 is 12.4 Å². The van der Waals surface area contributed by atoms with Gasteiger partial charge in [0, 0.05) is 19.1 Å². The van der Waals surface area contributed by atoms with Gasteiger partial charge in [0.05, 0.1) is 17.1 Å². The van der Waals surface area contributed by atoms with Crippen molar-refractivity contribution in [1.29, 1.82) is 0 Å². The Bertz CT molecular complexity index is 712. The fourth-order valence-electron chi connectivity index (χ4n) is 2.81. The Labute approximate surface area is 154 Å². The van der Waals surface area contributed by atoms with Crippen LogP contribution in [0.2, 0.25) is 0 Å². The van der Waals surface area contributed by atoms with Gasteiger partial charge in [-0.2, -0.15) is 4.31 Å². The van der Waals surface area contributed by atoms with Crippen LogP contribution in [0.5, 0.6) is 0 Å². The lowest BCUT2D eigenvalue weighted by molar-refractivity contribution is 0.0525. The Kier molecular flexibility index (Phi) is 7.80. The molecule has 2 unspecified atom stereocenters. The van der Waals surface area contributed by atoms with Gasteiger partial charge in [-0.05, 0) is 50.8 Å². The van der Waals surface area contributed by atoms with Crippen LogP contribution in [0.4, 0.5) is 4.39 Å². The van der Waals surface area contributed by atoms with Gasteiger partial charge >= 0.3 is 5.97 Å². The van der Waals surface area contributed by atoms with E-state index in [0.717, 1.165) is 24.6 Å². The topological polar surface area (TPSA) is 89.7 Å². The molecule has 142 valence electrons. The molecule has 2 atom stereocenters. The standard InChI is InChI=1S/C16H23FN2O4S.ClH/c1-3-23-16(20)13-7-14(17)9-15(8-13)24(21,22)19-6-4-5-12(10-19)11(2)18;/h7-9,11-12H,3-6,10,18H2,1-2H3;1H. The van der Waals surface area contributed by atoms with Gasteiger partial charge in [-0.1, -0.05) is 0 Å². The van der Waals surface area contributed by atoms with Gasteiger partial charge in [0.1, 0.15) is 5.82 Å². The van der Waals surface area contributed by atoms with E-state index >= 15 is 0 Å². The number of hydrogen-bond acceptors (Lipinski definition) is 5. The molecule has 0 aromatic heterocycles. The zero-order valence-electron chi connectivity index (χ0n) is 14.3. The zero-order chi connectivity index (χ0) is 17.9. The minimum atomic E-state index is -3.89. The van der Waals surface area contributed by atoms with E-state index < -0.39 is 21.8 Å². The number of rotatable bonds is 5. The first-order chi connectivity index (χ1) is 11.3. The second kappa shape index (κ2) is 8.93.